The molecule has 0 aliphatic heterocycles. The number of hydrogen-bond acceptors (Lipinski definition) is 3. The van der Waals surface area contributed by atoms with Gasteiger partial charge in [-0.2, -0.15) is 0 Å². The average molecular weight is 328 g/mol. The maximum Gasteiger partial charge on any atom is 0.246 e. The SMILES string of the molecule is CSc1ccccc1NC(=O)[C@H](C)Nc1ccc(C(C)C)cc1. The first-order valence-electron chi connectivity index (χ1n) is 7.81. The van der Waals surface area contributed by atoms with E-state index in [0.717, 1.165) is 16.3 Å². The van der Waals surface area contributed by atoms with Gasteiger partial charge in [0, 0.05) is 10.6 Å². The van der Waals surface area contributed by atoms with E-state index in [9.17, 15) is 4.79 Å². The fraction of sp³-hybridized carbons (Fsp3) is 0.316. The van der Waals surface area contributed by atoms with E-state index in [1.165, 1.54) is 5.56 Å². The van der Waals surface area contributed by atoms with Crippen molar-refractivity contribution in [1.29, 1.82) is 0 Å². The molecule has 0 aliphatic rings. The second-order valence-electron chi connectivity index (χ2n) is 5.83. The van der Waals surface area contributed by atoms with Crippen LogP contribution in [0.2, 0.25) is 0 Å². The van der Waals surface area contributed by atoms with Gasteiger partial charge in [0.25, 0.3) is 0 Å². The smallest absolute Gasteiger partial charge is 0.246 e. The minimum atomic E-state index is -0.310. The number of rotatable bonds is 6. The van der Waals surface area contributed by atoms with Crippen molar-refractivity contribution in [3.8, 4) is 0 Å². The Labute approximate surface area is 142 Å². The lowest BCUT2D eigenvalue weighted by Gasteiger charge is -2.17. The van der Waals surface area contributed by atoms with Crippen LogP contribution in [0.5, 0.6) is 0 Å². The Kier molecular flexibility index (Phi) is 6.11. The third-order valence-electron chi connectivity index (χ3n) is 3.72. The number of benzene rings is 2. The summed E-state index contributed by atoms with van der Waals surface area (Å²) >= 11 is 1.62. The lowest BCUT2D eigenvalue weighted by atomic mass is 10.0. The Balaban J connectivity index is 1.99. The monoisotopic (exact) mass is 328 g/mol. The summed E-state index contributed by atoms with van der Waals surface area (Å²) in [6.07, 6.45) is 2.00. The van der Waals surface area contributed by atoms with E-state index in [1.807, 2.05) is 49.6 Å². The van der Waals surface area contributed by atoms with Crippen molar-refractivity contribution < 1.29 is 4.79 Å². The molecule has 0 unspecified atom stereocenters. The predicted octanol–water partition coefficient (Wildman–Crippen LogP) is 4.97. The zero-order valence-electron chi connectivity index (χ0n) is 14.1. The van der Waals surface area contributed by atoms with Gasteiger partial charge >= 0.3 is 0 Å². The van der Waals surface area contributed by atoms with Crippen LogP contribution in [0.4, 0.5) is 11.4 Å². The van der Waals surface area contributed by atoms with Crippen LogP contribution >= 0.6 is 11.8 Å². The van der Waals surface area contributed by atoms with E-state index in [2.05, 4.69) is 36.6 Å². The number of carbonyl (C=O) groups excluding carboxylic acids is 1. The summed E-state index contributed by atoms with van der Waals surface area (Å²) in [7, 11) is 0. The molecule has 0 heterocycles. The quantitative estimate of drug-likeness (QED) is 0.736. The third kappa shape index (κ3) is 4.76. The van der Waals surface area contributed by atoms with E-state index in [0.29, 0.717) is 5.92 Å². The molecule has 2 aromatic rings. The van der Waals surface area contributed by atoms with Gasteiger partial charge in [-0.3, -0.25) is 4.79 Å². The van der Waals surface area contributed by atoms with Gasteiger partial charge < -0.3 is 10.6 Å². The summed E-state index contributed by atoms with van der Waals surface area (Å²) in [5.41, 5.74) is 3.10. The van der Waals surface area contributed by atoms with E-state index in [1.54, 1.807) is 11.8 Å². The molecule has 4 heteroatoms. The van der Waals surface area contributed by atoms with Crippen LogP contribution in [0.25, 0.3) is 0 Å². The maximum absolute atomic E-state index is 12.4. The Morgan fingerprint density at radius 2 is 1.65 bits per heavy atom. The molecule has 0 aliphatic carbocycles. The second-order valence-corrected chi connectivity index (χ2v) is 6.68. The minimum absolute atomic E-state index is 0.0422. The molecule has 23 heavy (non-hydrogen) atoms. The lowest BCUT2D eigenvalue weighted by Crippen LogP contribution is -2.32. The highest BCUT2D eigenvalue weighted by molar-refractivity contribution is 7.98. The zero-order valence-corrected chi connectivity index (χ0v) is 14.9. The van der Waals surface area contributed by atoms with Gasteiger partial charge in [0.2, 0.25) is 5.91 Å². The first-order chi connectivity index (χ1) is 11.0. The normalized spacial score (nSPS) is 12.0. The summed E-state index contributed by atoms with van der Waals surface area (Å²) in [4.78, 5) is 13.4. The highest BCUT2D eigenvalue weighted by Gasteiger charge is 2.14. The highest BCUT2D eigenvalue weighted by atomic mass is 32.2. The molecule has 3 nitrogen and oxygen atoms in total. The van der Waals surface area contributed by atoms with Crippen molar-refractivity contribution in [2.24, 2.45) is 0 Å². The summed E-state index contributed by atoms with van der Waals surface area (Å²) in [6.45, 7) is 6.21. The molecule has 0 aromatic heterocycles. The van der Waals surface area contributed by atoms with Crippen LogP contribution in [0.1, 0.15) is 32.3 Å². The van der Waals surface area contributed by atoms with E-state index >= 15 is 0 Å². The predicted molar refractivity (Wildman–Crippen MR) is 100 cm³/mol. The molecule has 1 amide bonds. The molecule has 1 atom stereocenters. The number of carbonyl (C=O) groups is 1. The Morgan fingerprint density at radius 1 is 1.00 bits per heavy atom. The zero-order chi connectivity index (χ0) is 16.8. The van der Waals surface area contributed by atoms with Gasteiger partial charge in [0.1, 0.15) is 6.04 Å². The Morgan fingerprint density at radius 3 is 2.26 bits per heavy atom. The number of anilines is 2. The van der Waals surface area contributed by atoms with Crippen LogP contribution in [0.3, 0.4) is 0 Å². The van der Waals surface area contributed by atoms with Gasteiger partial charge in [-0.1, -0.05) is 38.1 Å². The number of nitrogens with one attached hydrogen (secondary N) is 2. The van der Waals surface area contributed by atoms with Gasteiger partial charge in [0.15, 0.2) is 0 Å². The number of amides is 1. The fourth-order valence-electron chi connectivity index (χ4n) is 2.27. The molecule has 2 rings (SSSR count). The summed E-state index contributed by atoms with van der Waals surface area (Å²) in [5, 5.41) is 6.24. The second kappa shape index (κ2) is 8.06. The van der Waals surface area contributed by atoms with Crippen molar-refractivity contribution in [2.45, 2.75) is 37.6 Å². The van der Waals surface area contributed by atoms with Crippen LogP contribution < -0.4 is 10.6 Å². The summed E-state index contributed by atoms with van der Waals surface area (Å²) in [6, 6.07) is 15.8. The van der Waals surface area contributed by atoms with Crippen molar-refractivity contribution in [3.63, 3.8) is 0 Å². The van der Waals surface area contributed by atoms with Gasteiger partial charge in [0.05, 0.1) is 5.69 Å². The minimum Gasteiger partial charge on any atom is -0.374 e. The van der Waals surface area contributed by atoms with E-state index in [-0.39, 0.29) is 11.9 Å². The third-order valence-corrected chi connectivity index (χ3v) is 4.51. The largest absolute Gasteiger partial charge is 0.374 e. The van der Waals surface area contributed by atoms with Crippen molar-refractivity contribution >= 4 is 29.0 Å². The molecular weight excluding hydrogens is 304 g/mol. The first kappa shape index (κ1) is 17.4. The van der Waals surface area contributed by atoms with Gasteiger partial charge in [-0.05, 0) is 48.9 Å². The highest BCUT2D eigenvalue weighted by Crippen LogP contribution is 2.25. The standard InChI is InChI=1S/C19H24N2OS/c1-13(2)15-9-11-16(12-10-15)20-14(3)19(22)21-17-7-5-6-8-18(17)23-4/h5-14,20H,1-4H3,(H,21,22)/t14-/m0/s1. The van der Waals surface area contributed by atoms with Crippen molar-refractivity contribution in [1.82, 2.24) is 0 Å². The molecule has 0 spiro atoms. The van der Waals surface area contributed by atoms with Crippen molar-refractivity contribution in [2.75, 3.05) is 16.9 Å². The van der Waals surface area contributed by atoms with E-state index in [4.69, 9.17) is 0 Å². The molecular formula is C19H24N2OS. The van der Waals surface area contributed by atoms with Crippen LogP contribution in [0, 0.1) is 0 Å². The number of hydrogen-bond donors (Lipinski definition) is 2. The molecule has 0 fully saturated rings. The topological polar surface area (TPSA) is 41.1 Å². The summed E-state index contributed by atoms with van der Waals surface area (Å²) in [5.74, 6) is 0.465. The first-order valence-corrected chi connectivity index (χ1v) is 9.04. The molecule has 2 N–H and O–H groups in total. The Hall–Kier alpha value is -1.94. The maximum atomic E-state index is 12.4. The van der Waals surface area contributed by atoms with Crippen LogP contribution in [-0.2, 0) is 4.79 Å². The van der Waals surface area contributed by atoms with Crippen molar-refractivity contribution in [3.05, 3.63) is 54.1 Å². The Bertz CT molecular complexity index is 653. The number of para-hydroxylation sites is 1. The molecule has 0 saturated carbocycles. The summed E-state index contributed by atoms with van der Waals surface area (Å²) < 4.78 is 0. The molecule has 0 bridgehead atoms. The fourth-order valence-corrected chi connectivity index (χ4v) is 2.82. The number of thioether (sulfide) groups is 1. The molecule has 0 radical (unpaired) electrons. The molecule has 122 valence electrons. The van der Waals surface area contributed by atoms with Crippen LogP contribution in [0.15, 0.2) is 53.4 Å². The van der Waals surface area contributed by atoms with E-state index < -0.39 is 0 Å². The molecule has 0 saturated heterocycles. The van der Waals surface area contributed by atoms with Gasteiger partial charge in [-0.25, -0.2) is 0 Å². The van der Waals surface area contributed by atoms with Gasteiger partial charge in [-0.15, -0.1) is 11.8 Å². The molecule has 2 aromatic carbocycles. The lowest BCUT2D eigenvalue weighted by molar-refractivity contribution is -0.116. The van der Waals surface area contributed by atoms with Crippen LogP contribution in [-0.4, -0.2) is 18.2 Å². The average Bonchev–Trinajstić information content (AvgIpc) is 2.55.